The normalized spacial score (nSPS) is 23.9. The summed E-state index contributed by atoms with van der Waals surface area (Å²) in [6.45, 7) is 6.89. The Balaban J connectivity index is 1.11. The Bertz CT molecular complexity index is 1880. The van der Waals surface area contributed by atoms with E-state index in [0.717, 1.165) is 86.9 Å². The van der Waals surface area contributed by atoms with E-state index in [1.807, 2.05) is 0 Å². The molecule has 1 saturated heterocycles. The molecule has 47 heavy (non-hydrogen) atoms. The molecule has 9 nitrogen and oxygen atoms in total. The molecule has 2 aromatic heterocycles. The van der Waals surface area contributed by atoms with Gasteiger partial charge in [0.15, 0.2) is 9.84 Å². The van der Waals surface area contributed by atoms with Crippen molar-refractivity contribution in [3.8, 4) is 10.6 Å². The Kier molecular flexibility index (Phi) is 7.29. The van der Waals surface area contributed by atoms with Crippen LogP contribution in [0.5, 0.6) is 0 Å². The molecule has 2 aliphatic carbocycles. The zero-order valence-corrected chi connectivity index (χ0v) is 27.8. The molecule has 250 valence electrons. The second-order valence-electron chi connectivity index (χ2n) is 14.1. The molecule has 3 aliphatic heterocycles. The number of fused-ring (bicyclic) bond motifs is 2. The molecular weight excluding hydrogens is 652 g/mol. The molecule has 5 aliphatic rings. The summed E-state index contributed by atoms with van der Waals surface area (Å²) in [5, 5.41) is 3.22. The van der Waals surface area contributed by atoms with Crippen molar-refractivity contribution in [3.05, 3.63) is 51.5 Å². The van der Waals surface area contributed by atoms with E-state index in [1.54, 1.807) is 0 Å². The van der Waals surface area contributed by atoms with Crippen LogP contribution in [0.1, 0.15) is 83.8 Å². The number of ether oxygens (including phenoxy) is 1. The lowest BCUT2D eigenvalue weighted by Gasteiger charge is -2.45. The van der Waals surface area contributed by atoms with Crippen molar-refractivity contribution >= 4 is 38.7 Å². The van der Waals surface area contributed by atoms with Crippen LogP contribution in [0.3, 0.4) is 0 Å². The molecule has 1 aromatic carbocycles. The molecular formula is C33H36F3N5O4S2. The van der Waals surface area contributed by atoms with Gasteiger partial charge < -0.3 is 15.0 Å². The molecule has 1 unspecified atom stereocenters. The smallest absolute Gasteiger partial charge is 0.371 e. The van der Waals surface area contributed by atoms with Crippen LogP contribution in [0.15, 0.2) is 29.3 Å². The average molecular weight is 688 g/mol. The monoisotopic (exact) mass is 687 g/mol. The predicted molar refractivity (Wildman–Crippen MR) is 171 cm³/mol. The topological polar surface area (TPSA) is 105 Å². The third kappa shape index (κ3) is 6.06. The minimum Gasteiger partial charge on any atom is -0.371 e. The summed E-state index contributed by atoms with van der Waals surface area (Å²) in [6.07, 6.45) is 1.70. The SMILES string of the molecule is CC1(C)CC(CN2CCc3cc(Nc4ncc(C(F)(F)F)c(-c5cc6c(s5)C(=O)N(C5CC5)CCS6(=O)=O)n4)c(C4CC4)cc3C2)O1. The number of sulfone groups is 1. The number of nitrogens with one attached hydrogen (secondary N) is 1. The fraction of sp³-hybridized carbons (Fsp3) is 0.545. The van der Waals surface area contributed by atoms with Crippen LogP contribution >= 0.6 is 11.3 Å². The van der Waals surface area contributed by atoms with Crippen LogP contribution in [0, 0.1) is 0 Å². The first-order valence-electron chi connectivity index (χ1n) is 16.2. The van der Waals surface area contributed by atoms with Gasteiger partial charge >= 0.3 is 6.18 Å². The summed E-state index contributed by atoms with van der Waals surface area (Å²) in [5.41, 5.74) is 2.72. The van der Waals surface area contributed by atoms with Crippen LogP contribution in [0.2, 0.25) is 0 Å². The highest BCUT2D eigenvalue weighted by molar-refractivity contribution is 7.91. The first-order chi connectivity index (χ1) is 22.2. The van der Waals surface area contributed by atoms with Crippen LogP contribution in [0.25, 0.3) is 10.6 Å². The summed E-state index contributed by atoms with van der Waals surface area (Å²) in [7, 11) is -3.88. The Morgan fingerprint density at radius 1 is 1.11 bits per heavy atom. The second-order valence-corrected chi connectivity index (χ2v) is 17.2. The summed E-state index contributed by atoms with van der Waals surface area (Å²) in [4.78, 5) is 25.4. The number of aromatic nitrogens is 2. The average Bonchev–Trinajstić information content (AvgIpc) is 3.93. The lowest BCUT2D eigenvalue weighted by molar-refractivity contribution is -0.191. The van der Waals surface area contributed by atoms with Crippen molar-refractivity contribution in [2.75, 3.05) is 30.7 Å². The van der Waals surface area contributed by atoms with E-state index in [9.17, 15) is 26.4 Å². The van der Waals surface area contributed by atoms with E-state index in [-0.39, 0.29) is 50.6 Å². The van der Waals surface area contributed by atoms with Crippen LogP contribution in [-0.2, 0) is 33.7 Å². The summed E-state index contributed by atoms with van der Waals surface area (Å²) < 4.78 is 75.2. The van der Waals surface area contributed by atoms with Crippen molar-refractivity contribution < 1.29 is 31.1 Å². The molecule has 3 fully saturated rings. The molecule has 14 heteroatoms. The Morgan fingerprint density at radius 2 is 1.87 bits per heavy atom. The van der Waals surface area contributed by atoms with E-state index in [0.29, 0.717) is 5.92 Å². The van der Waals surface area contributed by atoms with E-state index < -0.39 is 33.2 Å². The fourth-order valence-corrected chi connectivity index (χ4v) is 10.1. The van der Waals surface area contributed by atoms with E-state index in [2.05, 4.69) is 46.2 Å². The van der Waals surface area contributed by atoms with Gasteiger partial charge in [0.05, 0.1) is 32.9 Å². The van der Waals surface area contributed by atoms with Gasteiger partial charge in [-0.3, -0.25) is 9.69 Å². The third-order valence-corrected chi connectivity index (χ3v) is 12.8. The predicted octanol–water partition coefficient (Wildman–Crippen LogP) is 6.16. The van der Waals surface area contributed by atoms with Gasteiger partial charge in [-0.05, 0) is 80.7 Å². The van der Waals surface area contributed by atoms with Crippen molar-refractivity contribution in [2.45, 2.75) is 93.7 Å². The van der Waals surface area contributed by atoms with E-state index >= 15 is 0 Å². The standard InChI is InChI=1S/C33H36F3N5O4S2/c1-32(2)14-22(45-32)17-40-8-7-19-12-25(23(18-3-4-18)11-20(19)16-40)38-31-37-15-24(33(34,35)36)28(39-31)26-13-27-29(46-26)30(42)41(21-5-6-21)9-10-47(27,43)44/h11-13,15,18,21-22H,3-10,14,16-17H2,1-2H3,(H,37,38,39). The quantitative estimate of drug-likeness (QED) is 0.315. The van der Waals surface area contributed by atoms with Gasteiger partial charge in [-0.15, -0.1) is 11.3 Å². The number of thiophene rings is 1. The van der Waals surface area contributed by atoms with Crippen LogP contribution < -0.4 is 5.32 Å². The highest BCUT2D eigenvalue weighted by atomic mass is 32.2. The van der Waals surface area contributed by atoms with Crippen LogP contribution in [-0.4, -0.2) is 77.2 Å². The number of anilines is 2. The first-order valence-corrected chi connectivity index (χ1v) is 18.7. The summed E-state index contributed by atoms with van der Waals surface area (Å²) in [6, 6.07) is 5.45. The molecule has 5 heterocycles. The molecule has 2 saturated carbocycles. The largest absolute Gasteiger partial charge is 0.420 e. The lowest BCUT2D eigenvalue weighted by atomic mass is 9.91. The maximum atomic E-state index is 14.3. The minimum absolute atomic E-state index is 0.0191. The molecule has 1 N–H and O–H groups in total. The second kappa shape index (κ2) is 11.0. The van der Waals surface area contributed by atoms with Gasteiger partial charge in [-0.25, -0.2) is 18.4 Å². The van der Waals surface area contributed by atoms with Crippen molar-refractivity contribution in [1.82, 2.24) is 19.8 Å². The first kappa shape index (κ1) is 31.2. The zero-order valence-electron chi connectivity index (χ0n) is 26.2. The van der Waals surface area contributed by atoms with Gasteiger partial charge in [-0.1, -0.05) is 6.07 Å². The molecule has 1 atom stereocenters. The summed E-state index contributed by atoms with van der Waals surface area (Å²) >= 11 is 0.751. The minimum atomic E-state index is -4.80. The number of alkyl halides is 3. The van der Waals surface area contributed by atoms with Gasteiger partial charge in [-0.2, -0.15) is 13.2 Å². The number of benzene rings is 1. The maximum Gasteiger partial charge on any atom is 0.420 e. The Labute approximate surface area is 275 Å². The molecule has 3 aromatic rings. The van der Waals surface area contributed by atoms with Crippen molar-refractivity contribution in [3.63, 3.8) is 0 Å². The zero-order chi connectivity index (χ0) is 32.9. The molecule has 0 spiro atoms. The third-order valence-electron chi connectivity index (χ3n) is 9.80. The number of carbonyl (C=O) groups excluding carboxylic acids is 1. The van der Waals surface area contributed by atoms with Crippen molar-refractivity contribution in [2.24, 2.45) is 0 Å². The van der Waals surface area contributed by atoms with Crippen molar-refractivity contribution in [1.29, 1.82) is 0 Å². The maximum absolute atomic E-state index is 14.3. The number of hydrogen-bond donors (Lipinski definition) is 1. The van der Waals surface area contributed by atoms with Gasteiger partial charge in [0, 0.05) is 50.5 Å². The molecule has 0 bridgehead atoms. The van der Waals surface area contributed by atoms with Gasteiger partial charge in [0.1, 0.15) is 10.4 Å². The summed E-state index contributed by atoms with van der Waals surface area (Å²) in [5.74, 6) is -0.393. The number of halogens is 3. The number of hydrogen-bond acceptors (Lipinski definition) is 9. The number of amides is 1. The Morgan fingerprint density at radius 3 is 2.55 bits per heavy atom. The molecule has 1 amide bonds. The Hall–Kier alpha value is -3.07. The van der Waals surface area contributed by atoms with E-state index in [1.165, 1.54) is 22.1 Å². The molecule has 0 radical (unpaired) electrons. The number of rotatable bonds is 7. The highest BCUT2D eigenvalue weighted by Gasteiger charge is 2.42. The number of carbonyl (C=O) groups is 1. The van der Waals surface area contributed by atoms with Crippen LogP contribution in [0.4, 0.5) is 24.8 Å². The highest BCUT2D eigenvalue weighted by Crippen LogP contribution is 2.47. The number of nitrogens with zero attached hydrogens (tertiary/aromatic N) is 4. The van der Waals surface area contributed by atoms with Gasteiger partial charge in [0.2, 0.25) is 5.95 Å². The fourth-order valence-electron chi connectivity index (χ4n) is 7.19. The van der Waals surface area contributed by atoms with Gasteiger partial charge in [0.25, 0.3) is 5.91 Å². The molecule has 8 rings (SSSR count). The van der Waals surface area contributed by atoms with E-state index in [4.69, 9.17) is 4.74 Å². The lowest BCUT2D eigenvalue weighted by Crippen LogP contribution is -2.51.